The van der Waals surface area contributed by atoms with E-state index in [1.54, 1.807) is 6.07 Å². The zero-order valence-corrected chi connectivity index (χ0v) is 12.3. The number of anilines is 1. The molecule has 3 nitrogen and oxygen atoms in total. The highest BCUT2D eigenvalue weighted by molar-refractivity contribution is 5.95. The lowest BCUT2D eigenvalue weighted by atomic mass is 9.93. The van der Waals surface area contributed by atoms with Gasteiger partial charge in [0.05, 0.1) is 12.5 Å². The number of aliphatic hydroxyl groups excluding tert-OH is 1. The molecule has 0 saturated carbocycles. The molecule has 2 aromatic rings. The highest BCUT2D eigenvalue weighted by atomic mass is 16.3. The predicted octanol–water partition coefficient (Wildman–Crippen LogP) is 3.70. The Morgan fingerprint density at radius 2 is 1.90 bits per heavy atom. The van der Waals surface area contributed by atoms with Crippen LogP contribution in [0, 0.1) is 0 Å². The predicted molar refractivity (Wildman–Crippen MR) is 85.1 cm³/mol. The molecule has 0 aliphatic heterocycles. The third-order valence-corrected chi connectivity index (χ3v) is 3.47. The summed E-state index contributed by atoms with van der Waals surface area (Å²) in [6, 6.07) is 17.1. The van der Waals surface area contributed by atoms with Gasteiger partial charge in [-0.15, -0.1) is 0 Å². The molecule has 1 atom stereocenters. The first kappa shape index (κ1) is 15.3. The fourth-order valence-electron chi connectivity index (χ4n) is 2.40. The molecule has 0 saturated heterocycles. The van der Waals surface area contributed by atoms with Gasteiger partial charge in [-0.25, -0.2) is 0 Å². The summed E-state index contributed by atoms with van der Waals surface area (Å²) in [7, 11) is 0. The highest BCUT2D eigenvalue weighted by Gasteiger charge is 2.19. The largest absolute Gasteiger partial charge is 0.392 e. The van der Waals surface area contributed by atoms with E-state index in [0.29, 0.717) is 0 Å². The summed E-state index contributed by atoms with van der Waals surface area (Å²) >= 11 is 0. The van der Waals surface area contributed by atoms with Crippen molar-refractivity contribution in [3.8, 4) is 0 Å². The number of benzene rings is 2. The van der Waals surface area contributed by atoms with E-state index in [0.717, 1.165) is 29.7 Å². The minimum atomic E-state index is -0.144. The summed E-state index contributed by atoms with van der Waals surface area (Å²) in [5.41, 5.74) is 2.55. The number of rotatable bonds is 6. The standard InChI is InChI=1S/C18H21NO2/c1-2-7-17(15-9-4-3-5-10-15)18(21)19-16-11-6-8-14(12-16)13-20/h3-6,8-12,17,20H,2,7,13H2,1H3,(H,19,21). The normalized spacial score (nSPS) is 11.9. The second-order valence-electron chi connectivity index (χ2n) is 5.10. The van der Waals surface area contributed by atoms with Crippen molar-refractivity contribution >= 4 is 11.6 Å². The number of amides is 1. The van der Waals surface area contributed by atoms with Crippen LogP contribution in [0.25, 0.3) is 0 Å². The van der Waals surface area contributed by atoms with Crippen LogP contribution in [0.1, 0.15) is 36.8 Å². The van der Waals surface area contributed by atoms with Gasteiger partial charge in [0.15, 0.2) is 0 Å². The van der Waals surface area contributed by atoms with Gasteiger partial charge >= 0.3 is 0 Å². The lowest BCUT2D eigenvalue weighted by Gasteiger charge is -2.17. The molecule has 2 N–H and O–H groups in total. The monoisotopic (exact) mass is 283 g/mol. The van der Waals surface area contributed by atoms with Crippen LogP contribution in [0.4, 0.5) is 5.69 Å². The van der Waals surface area contributed by atoms with Gasteiger partial charge in [-0.05, 0) is 29.7 Å². The zero-order chi connectivity index (χ0) is 15.1. The fraction of sp³-hybridized carbons (Fsp3) is 0.278. The molecule has 2 rings (SSSR count). The Bertz CT molecular complexity index is 581. The van der Waals surface area contributed by atoms with Crippen LogP contribution in [0.5, 0.6) is 0 Å². The molecule has 21 heavy (non-hydrogen) atoms. The van der Waals surface area contributed by atoms with Crippen LogP contribution < -0.4 is 5.32 Å². The van der Waals surface area contributed by atoms with Crippen molar-refractivity contribution in [2.24, 2.45) is 0 Å². The molecule has 1 amide bonds. The maximum Gasteiger partial charge on any atom is 0.231 e. The van der Waals surface area contributed by atoms with Gasteiger partial charge < -0.3 is 10.4 Å². The van der Waals surface area contributed by atoms with Crippen molar-refractivity contribution in [3.05, 3.63) is 65.7 Å². The van der Waals surface area contributed by atoms with E-state index >= 15 is 0 Å². The van der Waals surface area contributed by atoms with E-state index in [1.165, 1.54) is 0 Å². The molecule has 0 aliphatic carbocycles. The molecule has 0 radical (unpaired) electrons. The van der Waals surface area contributed by atoms with Gasteiger partial charge in [0.25, 0.3) is 0 Å². The summed E-state index contributed by atoms with van der Waals surface area (Å²) in [6.07, 6.45) is 1.76. The maximum atomic E-state index is 12.5. The lowest BCUT2D eigenvalue weighted by molar-refractivity contribution is -0.117. The highest BCUT2D eigenvalue weighted by Crippen LogP contribution is 2.23. The first-order valence-electron chi connectivity index (χ1n) is 7.30. The molecular formula is C18H21NO2. The third kappa shape index (κ3) is 4.17. The lowest BCUT2D eigenvalue weighted by Crippen LogP contribution is -2.21. The SMILES string of the molecule is CCCC(C(=O)Nc1cccc(CO)c1)c1ccccc1. The van der Waals surface area contributed by atoms with E-state index in [1.807, 2.05) is 48.5 Å². The first-order chi connectivity index (χ1) is 10.2. The Balaban J connectivity index is 2.15. The van der Waals surface area contributed by atoms with Crippen molar-refractivity contribution < 1.29 is 9.90 Å². The Hall–Kier alpha value is -2.13. The van der Waals surface area contributed by atoms with Crippen molar-refractivity contribution in [2.75, 3.05) is 5.32 Å². The van der Waals surface area contributed by atoms with Gasteiger partial charge in [-0.1, -0.05) is 55.8 Å². The summed E-state index contributed by atoms with van der Waals surface area (Å²) in [5.74, 6) is -0.146. The van der Waals surface area contributed by atoms with Crippen LogP contribution in [0.15, 0.2) is 54.6 Å². The molecule has 3 heteroatoms. The topological polar surface area (TPSA) is 49.3 Å². The number of nitrogens with one attached hydrogen (secondary N) is 1. The molecule has 0 aromatic heterocycles. The van der Waals surface area contributed by atoms with Crippen LogP contribution in [-0.2, 0) is 11.4 Å². The number of carbonyl (C=O) groups is 1. The number of hydrogen-bond acceptors (Lipinski definition) is 2. The Morgan fingerprint density at radius 3 is 2.57 bits per heavy atom. The van der Waals surface area contributed by atoms with E-state index in [4.69, 9.17) is 5.11 Å². The van der Waals surface area contributed by atoms with E-state index in [2.05, 4.69) is 12.2 Å². The van der Waals surface area contributed by atoms with Crippen LogP contribution in [0.3, 0.4) is 0 Å². The van der Waals surface area contributed by atoms with Crippen molar-refractivity contribution in [1.82, 2.24) is 0 Å². The molecule has 110 valence electrons. The second kappa shape index (κ2) is 7.60. The van der Waals surface area contributed by atoms with Gasteiger partial charge in [0.2, 0.25) is 5.91 Å². The van der Waals surface area contributed by atoms with Crippen LogP contribution >= 0.6 is 0 Å². The van der Waals surface area contributed by atoms with Crippen molar-refractivity contribution in [2.45, 2.75) is 32.3 Å². The smallest absolute Gasteiger partial charge is 0.231 e. The summed E-state index contributed by atoms with van der Waals surface area (Å²) in [4.78, 5) is 12.5. The molecule has 0 fully saturated rings. The van der Waals surface area contributed by atoms with Crippen molar-refractivity contribution in [1.29, 1.82) is 0 Å². The molecule has 0 aliphatic rings. The Labute approximate surface area is 125 Å². The zero-order valence-electron chi connectivity index (χ0n) is 12.3. The minimum Gasteiger partial charge on any atom is -0.392 e. The van der Waals surface area contributed by atoms with E-state index < -0.39 is 0 Å². The molecule has 0 bridgehead atoms. The van der Waals surface area contributed by atoms with Gasteiger partial charge in [-0.3, -0.25) is 4.79 Å². The minimum absolute atomic E-state index is 0.00172. The number of carbonyl (C=O) groups excluding carboxylic acids is 1. The quantitative estimate of drug-likeness (QED) is 0.849. The maximum absolute atomic E-state index is 12.5. The molecule has 2 aromatic carbocycles. The summed E-state index contributed by atoms with van der Waals surface area (Å²) in [6.45, 7) is 2.05. The van der Waals surface area contributed by atoms with Gasteiger partial charge in [0.1, 0.15) is 0 Å². The Kier molecular flexibility index (Phi) is 5.52. The molecular weight excluding hydrogens is 262 g/mol. The van der Waals surface area contributed by atoms with Crippen molar-refractivity contribution in [3.63, 3.8) is 0 Å². The molecule has 0 heterocycles. The van der Waals surface area contributed by atoms with Crippen LogP contribution in [0.2, 0.25) is 0 Å². The average Bonchev–Trinajstić information content (AvgIpc) is 2.53. The summed E-state index contributed by atoms with van der Waals surface area (Å²) < 4.78 is 0. The fourth-order valence-corrected chi connectivity index (χ4v) is 2.40. The first-order valence-corrected chi connectivity index (χ1v) is 7.30. The summed E-state index contributed by atoms with van der Waals surface area (Å²) in [5, 5.41) is 12.1. The molecule has 1 unspecified atom stereocenters. The van der Waals surface area contributed by atoms with E-state index in [9.17, 15) is 4.79 Å². The third-order valence-electron chi connectivity index (χ3n) is 3.47. The van der Waals surface area contributed by atoms with Gasteiger partial charge in [-0.2, -0.15) is 0 Å². The number of aliphatic hydroxyl groups is 1. The molecule has 0 spiro atoms. The Morgan fingerprint density at radius 1 is 1.14 bits per heavy atom. The second-order valence-corrected chi connectivity index (χ2v) is 5.10. The number of hydrogen-bond donors (Lipinski definition) is 2. The average molecular weight is 283 g/mol. The van der Waals surface area contributed by atoms with Crippen LogP contribution in [-0.4, -0.2) is 11.0 Å². The van der Waals surface area contributed by atoms with Gasteiger partial charge in [0, 0.05) is 5.69 Å². The van der Waals surface area contributed by atoms with E-state index in [-0.39, 0.29) is 18.4 Å².